The highest BCUT2D eigenvalue weighted by atomic mass is 28.5. The van der Waals surface area contributed by atoms with Gasteiger partial charge in [0.1, 0.15) is 0 Å². The molecule has 0 heterocycles. The number of hydrogen-bond donors (Lipinski definition) is 0. The summed E-state index contributed by atoms with van der Waals surface area (Å²) in [6.45, 7) is 17.0. The van der Waals surface area contributed by atoms with E-state index in [9.17, 15) is 0 Å². The zero-order valence-corrected chi connectivity index (χ0v) is 41.6. The quantitative estimate of drug-likeness (QED) is 0.0446. The van der Waals surface area contributed by atoms with Crippen molar-refractivity contribution in [1.29, 1.82) is 0 Å². The van der Waals surface area contributed by atoms with E-state index in [1.54, 1.807) is 0 Å². The first-order valence-electron chi connectivity index (χ1n) is 25.6. The fraction of sp³-hybridized carbons (Fsp3) is 1.00. The highest BCUT2D eigenvalue weighted by molar-refractivity contribution is 6.68. The molecule has 0 fully saturated rings. The Morgan fingerprint density at radius 1 is 0.193 bits per heavy atom. The smallest absolute Gasteiger partial charge is 0.352 e. The lowest BCUT2D eigenvalue weighted by Crippen LogP contribution is -2.62. The van der Waals surface area contributed by atoms with Crippen LogP contribution in [0.5, 0.6) is 0 Å². The summed E-state index contributed by atoms with van der Waals surface area (Å²) in [5.74, 6) is 0. The minimum Gasteiger partial charge on any atom is -0.352 e. The van der Waals surface area contributed by atoms with Crippen molar-refractivity contribution in [2.75, 3.05) is 39.6 Å². The predicted octanol–water partition coefficient (Wildman–Crippen LogP) is 16.1. The fourth-order valence-corrected chi connectivity index (χ4v) is 12.6. The monoisotopic (exact) mass is 847 g/mol. The molecule has 0 N–H and O–H groups in total. The molecular formula is C48H102O7Si2. The minimum atomic E-state index is -3.73. The molecule has 0 aromatic carbocycles. The summed E-state index contributed by atoms with van der Waals surface area (Å²) < 4.78 is 48.4. The molecule has 57 heavy (non-hydrogen) atoms. The Bertz CT molecular complexity index is 611. The van der Waals surface area contributed by atoms with Crippen molar-refractivity contribution >= 4 is 18.1 Å². The fourth-order valence-electron chi connectivity index (χ4n) is 7.06. The molecule has 0 aromatic rings. The van der Waals surface area contributed by atoms with Crippen molar-refractivity contribution in [3.63, 3.8) is 0 Å². The summed E-state index contributed by atoms with van der Waals surface area (Å²) in [6, 6.07) is 0. The van der Waals surface area contributed by atoms with E-state index in [2.05, 4.69) is 41.5 Å². The van der Waals surface area contributed by atoms with Gasteiger partial charge in [-0.1, -0.05) is 234 Å². The third-order valence-electron chi connectivity index (χ3n) is 10.9. The van der Waals surface area contributed by atoms with Crippen LogP contribution in [0.3, 0.4) is 0 Å². The first kappa shape index (κ1) is 57.2. The van der Waals surface area contributed by atoms with Gasteiger partial charge in [-0.2, -0.15) is 0 Å². The molecule has 0 aliphatic carbocycles. The average Bonchev–Trinajstić information content (AvgIpc) is 3.21. The standard InChI is InChI=1S/C48H102O7Si2/c1-7-13-19-25-31-37-43-49-56(50-44-38-32-26-20-14-8-2,51-45-39-33-27-21-15-9-3)55-57(52-46-40-34-28-22-16-10-4,53-47-41-35-29-23-17-11-5)54-48-42-36-30-24-18-12-6/h7-48H2,1-6H3. The van der Waals surface area contributed by atoms with Crippen LogP contribution in [-0.2, 0) is 30.7 Å². The molecule has 0 amide bonds. The number of hydrogen-bond acceptors (Lipinski definition) is 7. The topological polar surface area (TPSA) is 64.6 Å². The zero-order valence-electron chi connectivity index (χ0n) is 39.6. The van der Waals surface area contributed by atoms with Gasteiger partial charge in [0.05, 0.1) is 0 Å². The Morgan fingerprint density at radius 3 is 0.491 bits per heavy atom. The molecular weight excluding hydrogens is 745 g/mol. The highest BCUT2D eigenvalue weighted by Crippen LogP contribution is 2.26. The van der Waals surface area contributed by atoms with Gasteiger partial charge in [0.2, 0.25) is 0 Å². The summed E-state index contributed by atoms with van der Waals surface area (Å²) in [4.78, 5) is 0. The maximum Gasteiger partial charge on any atom is 0.673 e. The van der Waals surface area contributed by atoms with Crippen LogP contribution in [0, 0.1) is 0 Å². The van der Waals surface area contributed by atoms with Gasteiger partial charge in [0.15, 0.2) is 0 Å². The molecule has 0 saturated heterocycles. The Morgan fingerprint density at radius 2 is 0.333 bits per heavy atom. The van der Waals surface area contributed by atoms with Gasteiger partial charge >= 0.3 is 18.1 Å². The largest absolute Gasteiger partial charge is 0.673 e. The predicted molar refractivity (Wildman–Crippen MR) is 249 cm³/mol. The van der Waals surface area contributed by atoms with E-state index in [1.165, 1.54) is 154 Å². The second-order valence-corrected chi connectivity index (χ2v) is 21.3. The van der Waals surface area contributed by atoms with Crippen molar-refractivity contribution in [3.05, 3.63) is 0 Å². The summed E-state index contributed by atoms with van der Waals surface area (Å²) >= 11 is 0. The van der Waals surface area contributed by atoms with Gasteiger partial charge in [-0.3, -0.25) is 0 Å². The minimum absolute atomic E-state index is 0.558. The summed E-state index contributed by atoms with van der Waals surface area (Å²) in [5.41, 5.74) is 0. The molecule has 7 nitrogen and oxygen atoms in total. The van der Waals surface area contributed by atoms with E-state index < -0.39 is 18.1 Å². The first-order valence-corrected chi connectivity index (χ1v) is 28.9. The van der Waals surface area contributed by atoms with Crippen LogP contribution in [0.2, 0.25) is 0 Å². The molecule has 344 valence electrons. The molecule has 0 saturated carbocycles. The SMILES string of the molecule is CCCCCCCCO[Si](OCCCCCCCC)(OCCCCCCCC)O[Si](OCCCCCCCC)(OCCCCCCCC)OCCCCCCCC. The van der Waals surface area contributed by atoms with Crippen molar-refractivity contribution in [3.8, 4) is 0 Å². The lowest BCUT2D eigenvalue weighted by molar-refractivity contribution is -0.0701. The van der Waals surface area contributed by atoms with Crippen LogP contribution < -0.4 is 0 Å². The molecule has 0 aliphatic rings. The Labute approximate surface area is 359 Å². The Hall–Kier alpha value is 0.154. The van der Waals surface area contributed by atoms with Crippen LogP contribution in [0.4, 0.5) is 0 Å². The molecule has 0 aliphatic heterocycles. The average molecular weight is 848 g/mol. The van der Waals surface area contributed by atoms with Crippen LogP contribution in [0.25, 0.3) is 0 Å². The normalized spacial score (nSPS) is 12.3. The highest BCUT2D eigenvalue weighted by Gasteiger charge is 2.60. The second kappa shape index (κ2) is 45.7. The van der Waals surface area contributed by atoms with Gasteiger partial charge in [-0.05, 0) is 38.5 Å². The second-order valence-electron chi connectivity index (χ2n) is 16.8. The maximum atomic E-state index is 7.24. The van der Waals surface area contributed by atoms with E-state index in [-0.39, 0.29) is 0 Å². The van der Waals surface area contributed by atoms with Gasteiger partial charge in [-0.15, -0.1) is 0 Å². The van der Waals surface area contributed by atoms with E-state index in [0.29, 0.717) is 39.6 Å². The van der Waals surface area contributed by atoms with Crippen LogP contribution in [-0.4, -0.2) is 57.7 Å². The van der Waals surface area contributed by atoms with Crippen molar-refractivity contribution in [2.45, 2.75) is 273 Å². The van der Waals surface area contributed by atoms with Crippen molar-refractivity contribution in [1.82, 2.24) is 0 Å². The van der Waals surface area contributed by atoms with Crippen molar-refractivity contribution in [2.24, 2.45) is 0 Å². The van der Waals surface area contributed by atoms with E-state index in [0.717, 1.165) is 77.0 Å². The third kappa shape index (κ3) is 37.6. The maximum absolute atomic E-state index is 7.24. The molecule has 0 bridgehead atoms. The Balaban J connectivity index is 6.44. The van der Waals surface area contributed by atoms with Crippen molar-refractivity contribution < 1.29 is 30.7 Å². The van der Waals surface area contributed by atoms with Crippen LogP contribution in [0.15, 0.2) is 0 Å². The summed E-state index contributed by atoms with van der Waals surface area (Å²) in [5, 5.41) is 0. The molecule has 0 rings (SSSR count). The van der Waals surface area contributed by atoms with Crippen LogP contribution >= 0.6 is 0 Å². The summed E-state index contributed by atoms with van der Waals surface area (Å²) in [7, 11) is -7.46. The molecule has 0 atom stereocenters. The summed E-state index contributed by atoms with van der Waals surface area (Å²) in [6.07, 6.45) is 42.9. The molecule has 0 spiro atoms. The number of rotatable bonds is 50. The molecule has 0 radical (unpaired) electrons. The van der Waals surface area contributed by atoms with Crippen LogP contribution in [0.1, 0.15) is 273 Å². The molecule has 9 heteroatoms. The Kier molecular flexibility index (Phi) is 45.8. The van der Waals surface area contributed by atoms with Gasteiger partial charge in [0.25, 0.3) is 0 Å². The van der Waals surface area contributed by atoms with E-state index in [1.807, 2.05) is 0 Å². The number of unbranched alkanes of at least 4 members (excludes halogenated alkanes) is 30. The van der Waals surface area contributed by atoms with Gasteiger partial charge in [0, 0.05) is 39.6 Å². The van der Waals surface area contributed by atoms with E-state index >= 15 is 0 Å². The van der Waals surface area contributed by atoms with Gasteiger partial charge in [-0.25, -0.2) is 0 Å². The van der Waals surface area contributed by atoms with E-state index in [4.69, 9.17) is 30.7 Å². The lowest BCUT2D eigenvalue weighted by Gasteiger charge is -2.36. The first-order chi connectivity index (χ1) is 28.1. The zero-order chi connectivity index (χ0) is 41.6. The lowest BCUT2D eigenvalue weighted by atomic mass is 10.1. The van der Waals surface area contributed by atoms with Gasteiger partial charge < -0.3 is 30.7 Å². The molecule has 0 unspecified atom stereocenters. The molecule has 0 aromatic heterocycles. The third-order valence-corrected chi connectivity index (χ3v) is 16.3.